The number of urea groups is 1. The summed E-state index contributed by atoms with van der Waals surface area (Å²) in [4.78, 5) is 37.7. The second-order valence-electron chi connectivity index (χ2n) is 13.8. The third-order valence-electron chi connectivity index (χ3n) is 8.54. The van der Waals surface area contributed by atoms with Gasteiger partial charge in [-0.1, -0.05) is 58.9 Å². The van der Waals surface area contributed by atoms with Gasteiger partial charge in [0.05, 0.1) is 24.5 Å². The average molecular weight is 657 g/mol. The number of anilines is 1. The van der Waals surface area contributed by atoms with E-state index in [1.807, 2.05) is 68.7 Å². The van der Waals surface area contributed by atoms with Crippen molar-refractivity contribution in [3.05, 3.63) is 77.1 Å². The molecule has 0 fully saturated rings. The summed E-state index contributed by atoms with van der Waals surface area (Å²) in [6.07, 6.45) is 4.14. The molecule has 0 spiro atoms. The Hall–Kier alpha value is -4.42. The number of Topliss-reactive ketones (excluding diaryl/α,β-unsaturated/α-hetero) is 1. The third-order valence-corrected chi connectivity index (χ3v) is 8.54. The Morgan fingerprint density at radius 3 is 2.54 bits per heavy atom. The molecular weight excluding hydrogens is 608 g/mol. The molecule has 0 radical (unpaired) electrons. The molecule has 0 aliphatic heterocycles. The standard InChI is InChI=1S/C36H48N8O4/c1-23(2)34-42-41-32-17-14-24(22-44(32)34)48-29-16-15-27(25-11-8-9-12-26(25)29)37-35(46)40-31-21-30(36(3,4)5)38-33(39-31)28(45)13-10-18-43(6)19-20-47-7/h8-9,11-12,14,17,21-23,27,29H,10,13,15-16,18-20H2,1-7H3,(H2,37,38,39,40,46)/t27-,29+/m0/s1. The zero-order chi connectivity index (χ0) is 34.4. The zero-order valence-corrected chi connectivity index (χ0v) is 29.1. The summed E-state index contributed by atoms with van der Waals surface area (Å²) < 4.78 is 13.6. The van der Waals surface area contributed by atoms with E-state index in [0.717, 1.165) is 41.4 Å². The summed E-state index contributed by atoms with van der Waals surface area (Å²) in [6, 6.07) is 13.0. The number of amides is 2. The minimum atomic E-state index is -0.398. The van der Waals surface area contributed by atoms with Crippen molar-refractivity contribution in [2.45, 2.75) is 83.8 Å². The van der Waals surface area contributed by atoms with Crippen LogP contribution in [0.25, 0.3) is 5.65 Å². The molecule has 1 aliphatic rings. The molecule has 2 amide bonds. The fraction of sp³-hybridized carbons (Fsp3) is 0.500. The Morgan fingerprint density at radius 2 is 1.81 bits per heavy atom. The number of benzene rings is 1. The van der Waals surface area contributed by atoms with Crippen LogP contribution in [-0.4, -0.2) is 75.1 Å². The molecule has 5 rings (SSSR count). The van der Waals surface area contributed by atoms with Gasteiger partial charge in [-0.2, -0.15) is 0 Å². The molecule has 2 N–H and O–H groups in total. The van der Waals surface area contributed by atoms with Crippen molar-refractivity contribution in [2.24, 2.45) is 0 Å². The number of carbonyl (C=O) groups is 2. The van der Waals surface area contributed by atoms with E-state index in [1.165, 1.54) is 0 Å². The van der Waals surface area contributed by atoms with Crippen LogP contribution in [0.2, 0.25) is 0 Å². The lowest BCUT2D eigenvalue weighted by Gasteiger charge is -2.32. The summed E-state index contributed by atoms with van der Waals surface area (Å²) in [5.41, 5.74) is 3.14. The number of aromatic nitrogens is 5. The number of hydrogen-bond donors (Lipinski definition) is 2. The lowest BCUT2D eigenvalue weighted by Crippen LogP contribution is -2.36. The first-order valence-electron chi connectivity index (χ1n) is 16.7. The minimum absolute atomic E-state index is 0.116. The fourth-order valence-corrected chi connectivity index (χ4v) is 5.85. The predicted molar refractivity (Wildman–Crippen MR) is 185 cm³/mol. The highest BCUT2D eigenvalue weighted by molar-refractivity contribution is 5.94. The monoisotopic (exact) mass is 656 g/mol. The molecule has 3 heterocycles. The topological polar surface area (TPSA) is 136 Å². The normalized spacial score (nSPS) is 16.3. The minimum Gasteiger partial charge on any atom is -0.484 e. The maximum atomic E-state index is 13.4. The van der Waals surface area contributed by atoms with E-state index in [-0.39, 0.29) is 35.1 Å². The summed E-state index contributed by atoms with van der Waals surface area (Å²) in [5.74, 6) is 2.10. The highest BCUT2D eigenvalue weighted by atomic mass is 16.5. The summed E-state index contributed by atoms with van der Waals surface area (Å²) >= 11 is 0. The lowest BCUT2D eigenvalue weighted by molar-refractivity contribution is 0.0963. The number of likely N-dealkylation sites (N-methyl/N-ethyl adjacent to an activating group) is 1. The molecule has 0 unspecified atom stereocenters. The summed E-state index contributed by atoms with van der Waals surface area (Å²) in [6.45, 7) is 12.4. The number of methoxy groups -OCH3 is 1. The molecule has 2 atom stereocenters. The highest BCUT2D eigenvalue weighted by Gasteiger charge is 2.30. The first kappa shape index (κ1) is 34.9. The quantitative estimate of drug-likeness (QED) is 0.160. The lowest BCUT2D eigenvalue weighted by atomic mass is 9.85. The SMILES string of the molecule is COCCN(C)CCCC(=O)c1nc(NC(=O)N[C@H]2CC[C@@H](Oc3ccc4nnc(C(C)C)n4c3)c3ccccc32)cc(C(C)(C)C)n1. The van der Waals surface area contributed by atoms with Crippen molar-refractivity contribution in [1.82, 2.24) is 34.8 Å². The van der Waals surface area contributed by atoms with Crippen molar-refractivity contribution in [3.8, 4) is 5.75 Å². The Balaban J connectivity index is 1.27. The molecule has 0 saturated carbocycles. The fourth-order valence-electron chi connectivity index (χ4n) is 5.85. The zero-order valence-electron chi connectivity index (χ0n) is 29.1. The third kappa shape index (κ3) is 8.53. The van der Waals surface area contributed by atoms with Gasteiger partial charge in [-0.25, -0.2) is 14.8 Å². The van der Waals surface area contributed by atoms with Crippen molar-refractivity contribution in [3.63, 3.8) is 0 Å². The van der Waals surface area contributed by atoms with Gasteiger partial charge < -0.3 is 19.7 Å². The van der Waals surface area contributed by atoms with Crippen molar-refractivity contribution in [2.75, 3.05) is 39.2 Å². The number of fused-ring (bicyclic) bond motifs is 2. The molecule has 0 saturated heterocycles. The van der Waals surface area contributed by atoms with Crippen LogP contribution < -0.4 is 15.4 Å². The smallest absolute Gasteiger partial charge is 0.320 e. The van der Waals surface area contributed by atoms with Gasteiger partial charge in [0, 0.05) is 37.5 Å². The second kappa shape index (κ2) is 15.2. The molecule has 0 bridgehead atoms. The van der Waals surface area contributed by atoms with Gasteiger partial charge in [0.2, 0.25) is 0 Å². The number of ether oxygens (including phenoxy) is 2. The number of rotatable bonds is 13. The van der Waals surface area contributed by atoms with Crippen LogP contribution in [0.15, 0.2) is 48.7 Å². The molecule has 4 aromatic rings. The molecular formula is C36H48N8O4. The number of nitrogens with one attached hydrogen (secondary N) is 2. The van der Waals surface area contributed by atoms with Crippen LogP contribution in [0.1, 0.15) is 112 Å². The van der Waals surface area contributed by atoms with Gasteiger partial charge in [0.1, 0.15) is 23.5 Å². The Labute approximate surface area is 282 Å². The molecule has 3 aromatic heterocycles. The maximum Gasteiger partial charge on any atom is 0.320 e. The summed E-state index contributed by atoms with van der Waals surface area (Å²) in [7, 11) is 3.67. The highest BCUT2D eigenvalue weighted by Crippen LogP contribution is 2.39. The number of nitrogens with zero attached hydrogens (tertiary/aromatic N) is 6. The predicted octanol–water partition coefficient (Wildman–Crippen LogP) is 6.26. The number of carbonyl (C=O) groups excluding carboxylic acids is 2. The van der Waals surface area contributed by atoms with Crippen LogP contribution in [0.3, 0.4) is 0 Å². The van der Waals surface area contributed by atoms with E-state index in [1.54, 1.807) is 13.2 Å². The largest absolute Gasteiger partial charge is 0.484 e. The number of pyridine rings is 1. The number of ketones is 1. The average Bonchev–Trinajstić information content (AvgIpc) is 3.48. The van der Waals surface area contributed by atoms with E-state index >= 15 is 0 Å². The molecule has 48 heavy (non-hydrogen) atoms. The molecule has 256 valence electrons. The molecule has 1 aliphatic carbocycles. The van der Waals surface area contributed by atoms with E-state index in [0.29, 0.717) is 43.8 Å². The first-order chi connectivity index (χ1) is 22.9. The van der Waals surface area contributed by atoms with Crippen LogP contribution in [0.4, 0.5) is 10.6 Å². The van der Waals surface area contributed by atoms with E-state index in [2.05, 4.69) is 55.6 Å². The van der Waals surface area contributed by atoms with Crippen LogP contribution >= 0.6 is 0 Å². The van der Waals surface area contributed by atoms with E-state index in [4.69, 9.17) is 9.47 Å². The Kier molecular flexibility index (Phi) is 11.1. The Morgan fingerprint density at radius 1 is 1.04 bits per heavy atom. The molecule has 1 aromatic carbocycles. The van der Waals surface area contributed by atoms with E-state index < -0.39 is 6.03 Å². The van der Waals surface area contributed by atoms with Crippen LogP contribution in [-0.2, 0) is 10.2 Å². The Bertz CT molecular complexity index is 1730. The van der Waals surface area contributed by atoms with E-state index in [9.17, 15) is 9.59 Å². The first-order valence-corrected chi connectivity index (χ1v) is 16.7. The van der Waals surface area contributed by atoms with Gasteiger partial charge >= 0.3 is 6.03 Å². The van der Waals surface area contributed by atoms with Gasteiger partial charge in [-0.3, -0.25) is 14.5 Å². The van der Waals surface area contributed by atoms with Gasteiger partial charge in [-0.15, -0.1) is 10.2 Å². The van der Waals surface area contributed by atoms with Crippen molar-refractivity contribution < 1.29 is 19.1 Å². The second-order valence-corrected chi connectivity index (χ2v) is 13.8. The van der Waals surface area contributed by atoms with Gasteiger partial charge in [-0.05, 0) is 56.1 Å². The number of hydrogen-bond acceptors (Lipinski definition) is 9. The van der Waals surface area contributed by atoms with Crippen LogP contribution in [0.5, 0.6) is 5.75 Å². The molecule has 12 heteroatoms. The van der Waals surface area contributed by atoms with Crippen molar-refractivity contribution >= 4 is 23.3 Å². The maximum absolute atomic E-state index is 13.4. The summed E-state index contributed by atoms with van der Waals surface area (Å²) in [5, 5.41) is 14.6. The van der Waals surface area contributed by atoms with Crippen LogP contribution in [0, 0.1) is 0 Å². The van der Waals surface area contributed by atoms with Gasteiger partial charge in [0.25, 0.3) is 0 Å². The van der Waals surface area contributed by atoms with Crippen molar-refractivity contribution in [1.29, 1.82) is 0 Å². The van der Waals surface area contributed by atoms with Gasteiger partial charge in [0.15, 0.2) is 17.3 Å². The molecule has 12 nitrogen and oxygen atoms in total.